The minimum atomic E-state index is 0.377. The van der Waals surface area contributed by atoms with Crippen LogP contribution in [0.3, 0.4) is 0 Å². The third-order valence-corrected chi connectivity index (χ3v) is 6.35. The maximum Gasteiger partial charge on any atom is 0.227 e. The number of nitrogens with one attached hydrogen (secondary N) is 2. The standard InChI is InChI=1S/C24H29N5O2/c1-29-7-6-15-9-23(31-3)22(8-17(15)14-29)28-24-25-13-16-4-5-18(12-21(16)27-24)26-19-10-20(11-19)30-2/h4-5,8-9,12-13,19-20,26H,6-7,10-11,14H2,1-3H3,(H,25,27,28). The molecule has 7 heteroatoms. The Morgan fingerprint density at radius 2 is 1.97 bits per heavy atom. The minimum Gasteiger partial charge on any atom is -0.495 e. The molecule has 1 aliphatic heterocycles. The van der Waals surface area contributed by atoms with Crippen molar-refractivity contribution < 1.29 is 9.47 Å². The summed E-state index contributed by atoms with van der Waals surface area (Å²) in [6, 6.07) is 11.0. The highest BCUT2D eigenvalue weighted by Crippen LogP contribution is 2.33. The Labute approximate surface area is 182 Å². The first kappa shape index (κ1) is 20.0. The smallest absolute Gasteiger partial charge is 0.227 e. The predicted molar refractivity (Wildman–Crippen MR) is 123 cm³/mol. The molecule has 2 N–H and O–H groups in total. The van der Waals surface area contributed by atoms with Crippen molar-refractivity contribution in [1.82, 2.24) is 14.9 Å². The molecule has 1 aliphatic carbocycles. The predicted octanol–water partition coefficient (Wildman–Crippen LogP) is 3.96. The lowest BCUT2D eigenvalue weighted by Gasteiger charge is -2.35. The number of hydrogen-bond acceptors (Lipinski definition) is 7. The van der Waals surface area contributed by atoms with Crippen LogP contribution in [-0.2, 0) is 17.7 Å². The van der Waals surface area contributed by atoms with Crippen LogP contribution in [0.2, 0.25) is 0 Å². The first-order chi connectivity index (χ1) is 15.1. The van der Waals surface area contributed by atoms with Gasteiger partial charge in [0.1, 0.15) is 5.75 Å². The number of nitrogens with zero attached hydrogens (tertiary/aromatic N) is 3. The summed E-state index contributed by atoms with van der Waals surface area (Å²) >= 11 is 0. The molecular formula is C24H29N5O2. The van der Waals surface area contributed by atoms with Crippen molar-refractivity contribution in [2.75, 3.05) is 38.4 Å². The summed E-state index contributed by atoms with van der Waals surface area (Å²) in [5.41, 5.74) is 5.54. The molecule has 1 fully saturated rings. The number of rotatable bonds is 6. The molecule has 31 heavy (non-hydrogen) atoms. The number of likely N-dealkylation sites (N-methyl/N-ethyl adjacent to an activating group) is 1. The van der Waals surface area contributed by atoms with Crippen LogP contribution in [0.1, 0.15) is 24.0 Å². The number of methoxy groups -OCH3 is 2. The van der Waals surface area contributed by atoms with Crippen LogP contribution in [-0.4, -0.2) is 54.8 Å². The first-order valence-electron chi connectivity index (χ1n) is 10.8. The largest absolute Gasteiger partial charge is 0.495 e. The Kier molecular flexibility index (Phi) is 5.38. The minimum absolute atomic E-state index is 0.377. The van der Waals surface area contributed by atoms with Crippen LogP contribution in [0, 0.1) is 0 Å². The summed E-state index contributed by atoms with van der Waals surface area (Å²) in [4.78, 5) is 11.6. The summed E-state index contributed by atoms with van der Waals surface area (Å²) in [6.45, 7) is 2.01. The van der Waals surface area contributed by atoms with E-state index in [1.807, 2.05) is 6.20 Å². The van der Waals surface area contributed by atoms with E-state index in [-0.39, 0.29) is 0 Å². The fourth-order valence-corrected chi connectivity index (χ4v) is 4.40. The van der Waals surface area contributed by atoms with Gasteiger partial charge in [0.2, 0.25) is 5.95 Å². The van der Waals surface area contributed by atoms with Crippen LogP contribution in [0.25, 0.3) is 10.9 Å². The Balaban J connectivity index is 1.38. The Hall–Kier alpha value is -2.90. The lowest BCUT2D eigenvalue weighted by atomic mass is 9.89. The molecular weight excluding hydrogens is 390 g/mol. The highest BCUT2D eigenvalue weighted by atomic mass is 16.5. The molecule has 2 aliphatic rings. The van der Waals surface area contributed by atoms with Crippen molar-refractivity contribution in [3.63, 3.8) is 0 Å². The molecule has 0 bridgehead atoms. The van der Waals surface area contributed by atoms with Crippen molar-refractivity contribution in [2.45, 2.75) is 38.0 Å². The van der Waals surface area contributed by atoms with Crippen LogP contribution in [0.15, 0.2) is 36.5 Å². The number of fused-ring (bicyclic) bond motifs is 2. The van der Waals surface area contributed by atoms with E-state index < -0.39 is 0 Å². The highest BCUT2D eigenvalue weighted by molar-refractivity contribution is 5.83. The molecule has 0 radical (unpaired) electrons. The van der Waals surface area contributed by atoms with E-state index in [2.05, 4.69) is 57.9 Å². The van der Waals surface area contributed by atoms with Gasteiger partial charge in [-0.2, -0.15) is 0 Å². The molecule has 1 saturated carbocycles. The molecule has 0 saturated heterocycles. The van der Waals surface area contributed by atoms with Gasteiger partial charge in [0.05, 0.1) is 24.4 Å². The molecule has 0 spiro atoms. The molecule has 0 amide bonds. The lowest BCUT2D eigenvalue weighted by Crippen LogP contribution is -2.40. The maximum absolute atomic E-state index is 5.65. The lowest BCUT2D eigenvalue weighted by molar-refractivity contribution is 0.0329. The van der Waals surface area contributed by atoms with Gasteiger partial charge in [0.25, 0.3) is 0 Å². The topological polar surface area (TPSA) is 71.5 Å². The van der Waals surface area contributed by atoms with Crippen LogP contribution < -0.4 is 15.4 Å². The van der Waals surface area contributed by atoms with E-state index in [1.165, 1.54) is 11.1 Å². The SMILES string of the molecule is COc1cc2c(cc1Nc1ncc3ccc(NC4CC(OC)C4)cc3n1)CN(C)CC2. The van der Waals surface area contributed by atoms with E-state index in [0.29, 0.717) is 18.1 Å². The van der Waals surface area contributed by atoms with E-state index >= 15 is 0 Å². The average Bonchev–Trinajstić information content (AvgIpc) is 2.75. The molecule has 1 aromatic heterocycles. The van der Waals surface area contributed by atoms with Crippen molar-refractivity contribution in [1.29, 1.82) is 0 Å². The maximum atomic E-state index is 5.65. The molecule has 0 atom stereocenters. The van der Waals surface area contributed by atoms with Gasteiger partial charge in [0.15, 0.2) is 0 Å². The van der Waals surface area contributed by atoms with Gasteiger partial charge in [-0.05, 0) is 67.8 Å². The van der Waals surface area contributed by atoms with Crippen LogP contribution in [0.4, 0.5) is 17.3 Å². The fourth-order valence-electron chi connectivity index (χ4n) is 4.40. The fraction of sp³-hybridized carbons (Fsp3) is 0.417. The van der Waals surface area contributed by atoms with Crippen molar-refractivity contribution >= 4 is 28.2 Å². The number of benzene rings is 2. The van der Waals surface area contributed by atoms with Gasteiger partial charge in [-0.3, -0.25) is 0 Å². The second-order valence-electron chi connectivity index (χ2n) is 8.57. The Morgan fingerprint density at radius 1 is 1.10 bits per heavy atom. The monoisotopic (exact) mass is 419 g/mol. The quantitative estimate of drug-likeness (QED) is 0.627. The summed E-state index contributed by atoms with van der Waals surface area (Å²) in [6.07, 6.45) is 5.35. The van der Waals surface area contributed by atoms with Gasteiger partial charge in [-0.15, -0.1) is 0 Å². The van der Waals surface area contributed by atoms with Crippen LogP contribution >= 0.6 is 0 Å². The van der Waals surface area contributed by atoms with E-state index in [0.717, 1.165) is 60.4 Å². The summed E-state index contributed by atoms with van der Waals surface area (Å²) in [5, 5.41) is 7.96. The number of aromatic nitrogens is 2. The van der Waals surface area contributed by atoms with Crippen LogP contribution in [0.5, 0.6) is 5.75 Å². The zero-order valence-electron chi connectivity index (χ0n) is 18.3. The molecule has 0 unspecified atom stereocenters. The van der Waals surface area contributed by atoms with Gasteiger partial charge < -0.3 is 25.0 Å². The van der Waals surface area contributed by atoms with Gasteiger partial charge >= 0.3 is 0 Å². The molecule has 3 aromatic rings. The Morgan fingerprint density at radius 3 is 2.77 bits per heavy atom. The second kappa shape index (κ2) is 8.32. The molecule has 2 heterocycles. The van der Waals surface area contributed by atoms with Crippen molar-refractivity contribution in [2.24, 2.45) is 0 Å². The highest BCUT2D eigenvalue weighted by Gasteiger charge is 2.28. The number of ether oxygens (including phenoxy) is 2. The van der Waals surface area contributed by atoms with Gasteiger partial charge in [-0.25, -0.2) is 9.97 Å². The zero-order chi connectivity index (χ0) is 21.4. The van der Waals surface area contributed by atoms with E-state index in [1.54, 1.807) is 14.2 Å². The molecule has 7 nitrogen and oxygen atoms in total. The van der Waals surface area contributed by atoms with Crippen molar-refractivity contribution in [3.8, 4) is 5.75 Å². The second-order valence-corrected chi connectivity index (χ2v) is 8.57. The third kappa shape index (κ3) is 4.16. The van der Waals surface area contributed by atoms with Gasteiger partial charge in [0, 0.05) is 43.5 Å². The normalized spacial score (nSPS) is 20.7. The third-order valence-electron chi connectivity index (χ3n) is 6.35. The molecule has 5 rings (SSSR count). The first-order valence-corrected chi connectivity index (χ1v) is 10.8. The summed E-state index contributed by atoms with van der Waals surface area (Å²) in [7, 11) is 5.63. The average molecular weight is 420 g/mol. The van der Waals surface area contributed by atoms with Gasteiger partial charge in [-0.1, -0.05) is 0 Å². The van der Waals surface area contributed by atoms with E-state index in [9.17, 15) is 0 Å². The zero-order valence-corrected chi connectivity index (χ0v) is 18.3. The summed E-state index contributed by atoms with van der Waals surface area (Å²) < 4.78 is 11.0. The molecule has 162 valence electrons. The van der Waals surface area contributed by atoms with E-state index in [4.69, 9.17) is 14.5 Å². The number of anilines is 3. The Bertz CT molecular complexity index is 1100. The summed E-state index contributed by atoms with van der Waals surface area (Å²) in [5.74, 6) is 1.38. The van der Waals surface area contributed by atoms with Crippen molar-refractivity contribution in [3.05, 3.63) is 47.7 Å². The molecule has 2 aromatic carbocycles. The number of hydrogen-bond donors (Lipinski definition) is 2.